The van der Waals surface area contributed by atoms with Crippen LogP contribution in [0.5, 0.6) is 0 Å². The Morgan fingerprint density at radius 3 is 1.25 bits per heavy atom. The summed E-state index contributed by atoms with van der Waals surface area (Å²) in [5.41, 5.74) is 0. The molecular formula is C5H10N4O3. The van der Waals surface area contributed by atoms with Gasteiger partial charge in [0.25, 0.3) is 0 Å². The molecule has 0 unspecified atom stereocenters. The summed E-state index contributed by atoms with van der Waals surface area (Å²) in [6.45, 7) is 0. The van der Waals surface area contributed by atoms with Crippen molar-refractivity contribution in [1.29, 1.82) is 10.8 Å². The van der Waals surface area contributed by atoms with E-state index in [9.17, 15) is 4.79 Å². The topological polar surface area (TPSA) is 123 Å². The molecule has 2 amide bonds. The van der Waals surface area contributed by atoms with Gasteiger partial charge in [-0.2, -0.15) is 0 Å². The fraction of sp³-hybridized carbons (Fsp3) is 0.400. The molecule has 4 N–H and O–H groups in total. The SMILES string of the molecule is CNC(=O)NC.N=C=O.N=C=O. The summed E-state index contributed by atoms with van der Waals surface area (Å²) in [6, 6.07) is -0.157. The van der Waals surface area contributed by atoms with Crippen molar-refractivity contribution < 1.29 is 14.4 Å². The van der Waals surface area contributed by atoms with Crippen LogP contribution in [0.3, 0.4) is 0 Å². The van der Waals surface area contributed by atoms with Crippen LogP contribution in [0.2, 0.25) is 0 Å². The molecule has 0 bridgehead atoms. The fourth-order valence-corrected chi connectivity index (χ4v) is 0.125. The van der Waals surface area contributed by atoms with E-state index in [0.717, 1.165) is 12.2 Å². The van der Waals surface area contributed by atoms with Gasteiger partial charge in [-0.3, -0.25) is 0 Å². The molecule has 0 aromatic heterocycles. The van der Waals surface area contributed by atoms with Gasteiger partial charge in [0.2, 0.25) is 12.2 Å². The normalized spacial score (nSPS) is 4.83. The van der Waals surface area contributed by atoms with E-state index in [1.807, 2.05) is 0 Å². The van der Waals surface area contributed by atoms with Crippen LogP contribution in [0.25, 0.3) is 0 Å². The first-order chi connectivity index (χ1) is 5.64. The van der Waals surface area contributed by atoms with Crippen LogP contribution in [0.15, 0.2) is 0 Å². The molecule has 0 atom stereocenters. The molecule has 0 radical (unpaired) electrons. The monoisotopic (exact) mass is 174 g/mol. The Bertz CT molecular complexity index is 150. The van der Waals surface area contributed by atoms with Gasteiger partial charge in [0, 0.05) is 14.1 Å². The van der Waals surface area contributed by atoms with Crippen molar-refractivity contribution in [2.45, 2.75) is 0 Å². The summed E-state index contributed by atoms with van der Waals surface area (Å²) in [7, 11) is 3.14. The second kappa shape index (κ2) is 23.0. The van der Waals surface area contributed by atoms with Gasteiger partial charge in [-0.05, 0) is 0 Å². The average Bonchev–Trinajstić information content (AvgIpc) is 2.06. The van der Waals surface area contributed by atoms with Crippen molar-refractivity contribution >= 4 is 18.2 Å². The van der Waals surface area contributed by atoms with E-state index in [0.29, 0.717) is 0 Å². The minimum Gasteiger partial charge on any atom is -0.341 e. The largest absolute Gasteiger partial charge is 0.341 e. The minimum absolute atomic E-state index is 0.157. The number of urea groups is 1. The van der Waals surface area contributed by atoms with Gasteiger partial charge in [-0.1, -0.05) is 0 Å². The molecule has 0 aromatic rings. The fourth-order valence-electron chi connectivity index (χ4n) is 0.125. The van der Waals surface area contributed by atoms with E-state index in [-0.39, 0.29) is 6.03 Å². The van der Waals surface area contributed by atoms with Crippen LogP contribution in [-0.2, 0) is 9.59 Å². The second-order valence-corrected chi connectivity index (χ2v) is 1.03. The van der Waals surface area contributed by atoms with Crippen molar-refractivity contribution in [2.75, 3.05) is 14.1 Å². The van der Waals surface area contributed by atoms with Crippen LogP contribution in [0.4, 0.5) is 4.79 Å². The summed E-state index contributed by atoms with van der Waals surface area (Å²) >= 11 is 0. The highest BCUT2D eigenvalue weighted by Gasteiger charge is 1.81. The number of hydrogen-bond donors (Lipinski definition) is 4. The standard InChI is InChI=1S/C3H8N2O.2CHNO/c1-4-3(6)5-2;2*2-1-3/h1-2H3,(H2,4,5,6);2*2H. The van der Waals surface area contributed by atoms with Crippen molar-refractivity contribution in [2.24, 2.45) is 0 Å². The highest BCUT2D eigenvalue weighted by Crippen LogP contribution is 1.48. The zero-order valence-electron chi connectivity index (χ0n) is 6.72. The molecule has 7 nitrogen and oxygen atoms in total. The van der Waals surface area contributed by atoms with Gasteiger partial charge in [0.1, 0.15) is 0 Å². The van der Waals surface area contributed by atoms with E-state index in [2.05, 4.69) is 10.6 Å². The molecule has 0 aromatic carbocycles. The van der Waals surface area contributed by atoms with Crippen molar-refractivity contribution in [3.05, 3.63) is 0 Å². The Morgan fingerprint density at radius 2 is 1.25 bits per heavy atom. The third kappa shape index (κ3) is 96.3. The highest BCUT2D eigenvalue weighted by molar-refractivity contribution is 5.72. The van der Waals surface area contributed by atoms with Gasteiger partial charge in [-0.15, -0.1) is 0 Å². The first-order valence-electron chi connectivity index (χ1n) is 2.61. The number of rotatable bonds is 0. The molecular weight excluding hydrogens is 164 g/mol. The van der Waals surface area contributed by atoms with Crippen molar-refractivity contribution in [1.82, 2.24) is 10.6 Å². The molecule has 0 saturated carbocycles. The molecule has 0 rings (SSSR count). The molecule has 0 heterocycles. The van der Waals surface area contributed by atoms with E-state index >= 15 is 0 Å². The van der Waals surface area contributed by atoms with E-state index in [4.69, 9.17) is 20.4 Å². The van der Waals surface area contributed by atoms with Crippen molar-refractivity contribution in [3.63, 3.8) is 0 Å². The molecule has 68 valence electrons. The summed E-state index contributed by atoms with van der Waals surface area (Å²) in [5.74, 6) is 0. The lowest BCUT2D eigenvalue weighted by Crippen LogP contribution is -2.28. The quantitative estimate of drug-likeness (QED) is 0.288. The highest BCUT2D eigenvalue weighted by atomic mass is 16.2. The van der Waals surface area contributed by atoms with Gasteiger partial charge in [-0.25, -0.2) is 25.2 Å². The number of carbonyl (C=O) groups is 1. The second-order valence-electron chi connectivity index (χ2n) is 1.03. The smallest absolute Gasteiger partial charge is 0.314 e. The Morgan fingerprint density at radius 1 is 1.08 bits per heavy atom. The van der Waals surface area contributed by atoms with Gasteiger partial charge < -0.3 is 10.6 Å². The Balaban J connectivity index is -0.000000115. The molecule has 0 aliphatic carbocycles. The van der Waals surface area contributed by atoms with Crippen LogP contribution < -0.4 is 10.6 Å². The van der Waals surface area contributed by atoms with Crippen LogP contribution in [0, 0.1) is 10.8 Å². The third-order valence-corrected chi connectivity index (χ3v) is 0.454. The first-order valence-corrected chi connectivity index (χ1v) is 2.61. The average molecular weight is 174 g/mol. The molecule has 0 spiro atoms. The molecule has 0 saturated heterocycles. The van der Waals surface area contributed by atoms with E-state index in [1.54, 1.807) is 14.1 Å². The maximum absolute atomic E-state index is 9.96. The number of hydrogen-bond acceptors (Lipinski definition) is 5. The molecule has 0 aliphatic heterocycles. The number of isocyanates is 2. The van der Waals surface area contributed by atoms with Crippen molar-refractivity contribution in [3.8, 4) is 0 Å². The van der Waals surface area contributed by atoms with E-state index in [1.165, 1.54) is 0 Å². The van der Waals surface area contributed by atoms with E-state index < -0.39 is 0 Å². The lowest BCUT2D eigenvalue weighted by atomic mass is 11.0. The van der Waals surface area contributed by atoms with Gasteiger partial charge in [0.05, 0.1) is 0 Å². The predicted molar refractivity (Wildman–Crippen MR) is 40.3 cm³/mol. The summed E-state index contributed by atoms with van der Waals surface area (Å²) in [6.07, 6.45) is 1.50. The number of carbonyl (C=O) groups excluding carboxylic acids is 3. The Labute approximate surface area is 69.2 Å². The summed E-state index contributed by atoms with van der Waals surface area (Å²) in [5, 5.41) is 15.5. The maximum Gasteiger partial charge on any atom is 0.314 e. The van der Waals surface area contributed by atoms with Crippen LogP contribution in [-0.4, -0.2) is 32.3 Å². The summed E-state index contributed by atoms with van der Waals surface area (Å²) in [4.78, 5) is 26.7. The summed E-state index contributed by atoms with van der Waals surface area (Å²) < 4.78 is 0. The van der Waals surface area contributed by atoms with Gasteiger partial charge >= 0.3 is 6.03 Å². The molecule has 0 aliphatic rings. The zero-order chi connectivity index (χ0) is 10.4. The molecule has 7 heteroatoms. The zero-order valence-corrected chi connectivity index (χ0v) is 6.72. The Kier molecular flexibility index (Phi) is 31.7. The Hall–Kier alpha value is -1.97. The number of amides is 2. The first kappa shape index (κ1) is 16.5. The lowest BCUT2D eigenvalue weighted by molar-refractivity contribution is 0.245. The minimum atomic E-state index is -0.157. The third-order valence-electron chi connectivity index (χ3n) is 0.454. The maximum atomic E-state index is 9.96. The molecule has 12 heavy (non-hydrogen) atoms. The van der Waals surface area contributed by atoms with Crippen LogP contribution in [0.1, 0.15) is 0 Å². The van der Waals surface area contributed by atoms with Crippen LogP contribution >= 0.6 is 0 Å². The predicted octanol–water partition coefficient (Wildman–Crippen LogP) is -0.653. The lowest BCUT2D eigenvalue weighted by Gasteiger charge is -1.91. The number of nitrogens with one attached hydrogen (secondary N) is 4. The molecule has 0 fully saturated rings. The van der Waals surface area contributed by atoms with Gasteiger partial charge in [0.15, 0.2) is 0 Å².